The minimum atomic E-state index is 0.240. The molecule has 2 N–H and O–H groups in total. The van der Waals surface area contributed by atoms with Crippen LogP contribution < -0.4 is 10.6 Å². The molecular weight excluding hydrogens is 264 g/mol. The Bertz CT molecular complexity index is 504. The fraction of sp³-hybridized carbons (Fsp3) is 0.529. The predicted molar refractivity (Wildman–Crippen MR) is 88.4 cm³/mol. The van der Waals surface area contributed by atoms with E-state index in [0.29, 0.717) is 0 Å². The van der Waals surface area contributed by atoms with Crippen molar-refractivity contribution in [2.45, 2.75) is 39.4 Å². The first kappa shape index (κ1) is 15.7. The second kappa shape index (κ2) is 6.85. The Hall–Kier alpha value is -1.68. The van der Waals surface area contributed by atoms with Gasteiger partial charge in [0.1, 0.15) is 5.76 Å². The third-order valence-electron chi connectivity index (χ3n) is 3.69. The molecule has 21 heavy (non-hydrogen) atoms. The third-order valence-corrected chi connectivity index (χ3v) is 3.69. The van der Waals surface area contributed by atoms with Crippen molar-refractivity contribution >= 4 is 17.1 Å². The van der Waals surface area contributed by atoms with Crippen LogP contribution in [0.2, 0.25) is 0 Å². The molecule has 0 bridgehead atoms. The highest BCUT2D eigenvalue weighted by Gasteiger charge is 2.22. The summed E-state index contributed by atoms with van der Waals surface area (Å²) < 4.78 is 11.2. The van der Waals surface area contributed by atoms with Crippen molar-refractivity contribution in [1.82, 2.24) is 0 Å². The molecular formula is C17H26N2O2. The Morgan fingerprint density at radius 3 is 2.57 bits per heavy atom. The molecule has 0 radical (unpaired) electrons. The zero-order valence-corrected chi connectivity index (χ0v) is 13.4. The number of allylic oxidation sites excluding steroid dienone is 1. The van der Waals surface area contributed by atoms with Gasteiger partial charge in [0.25, 0.3) is 0 Å². The van der Waals surface area contributed by atoms with E-state index in [-0.39, 0.29) is 12.2 Å². The van der Waals surface area contributed by atoms with Gasteiger partial charge in [0, 0.05) is 30.0 Å². The maximum absolute atomic E-state index is 6.23. The Morgan fingerprint density at radius 1 is 1.38 bits per heavy atom. The van der Waals surface area contributed by atoms with E-state index in [0.717, 1.165) is 42.2 Å². The van der Waals surface area contributed by atoms with E-state index in [2.05, 4.69) is 31.7 Å². The Morgan fingerprint density at radius 2 is 2.05 bits per heavy atom. The highest BCUT2D eigenvalue weighted by Crippen LogP contribution is 2.29. The van der Waals surface area contributed by atoms with Crippen LogP contribution in [0.15, 0.2) is 24.3 Å². The number of hydrogen-bond acceptors (Lipinski definition) is 4. The molecule has 1 fully saturated rings. The molecule has 1 aromatic carbocycles. The Kier molecular flexibility index (Phi) is 5.12. The van der Waals surface area contributed by atoms with Crippen molar-refractivity contribution < 1.29 is 9.47 Å². The predicted octanol–water partition coefficient (Wildman–Crippen LogP) is 3.28. The maximum Gasteiger partial charge on any atom is 0.124 e. The Balaban J connectivity index is 2.24. The molecule has 0 spiro atoms. The van der Waals surface area contributed by atoms with E-state index in [9.17, 15) is 0 Å². The molecule has 2 unspecified atom stereocenters. The molecule has 1 saturated heterocycles. The molecule has 1 aromatic rings. The molecule has 0 saturated carbocycles. The molecule has 116 valence electrons. The van der Waals surface area contributed by atoms with E-state index in [4.69, 9.17) is 15.2 Å². The van der Waals surface area contributed by atoms with Crippen LogP contribution in [-0.4, -0.2) is 32.4 Å². The van der Waals surface area contributed by atoms with Gasteiger partial charge in [0.2, 0.25) is 0 Å². The molecule has 1 heterocycles. The van der Waals surface area contributed by atoms with Gasteiger partial charge < -0.3 is 20.1 Å². The van der Waals surface area contributed by atoms with Gasteiger partial charge in [0.05, 0.1) is 19.3 Å². The van der Waals surface area contributed by atoms with Crippen molar-refractivity contribution in [2.75, 3.05) is 30.8 Å². The van der Waals surface area contributed by atoms with Crippen LogP contribution in [-0.2, 0) is 9.47 Å². The topological polar surface area (TPSA) is 47.7 Å². The SMILES string of the molecule is CC/C=C(/OC)c1ccc(N2CC(C)OC(C)C2)cc1N. The number of morpholine rings is 1. The summed E-state index contributed by atoms with van der Waals surface area (Å²) in [6, 6.07) is 6.18. The standard InChI is InChI=1S/C17H26N2O2/c1-5-6-17(20-4)15-8-7-14(9-16(15)18)19-10-12(2)21-13(3)11-19/h6-9,12-13H,5,10-11,18H2,1-4H3/b17-6+. The van der Waals surface area contributed by atoms with Gasteiger partial charge in [-0.15, -0.1) is 0 Å². The van der Waals surface area contributed by atoms with Gasteiger partial charge in [-0.3, -0.25) is 0 Å². The first-order valence-electron chi connectivity index (χ1n) is 7.59. The van der Waals surface area contributed by atoms with Gasteiger partial charge in [0.15, 0.2) is 0 Å². The first-order chi connectivity index (χ1) is 10.0. The average molecular weight is 290 g/mol. The second-order valence-corrected chi connectivity index (χ2v) is 5.61. The summed E-state index contributed by atoms with van der Waals surface area (Å²) in [4.78, 5) is 2.33. The highest BCUT2D eigenvalue weighted by molar-refractivity contribution is 5.74. The van der Waals surface area contributed by atoms with Crippen molar-refractivity contribution in [2.24, 2.45) is 0 Å². The van der Waals surface area contributed by atoms with E-state index >= 15 is 0 Å². The molecule has 1 aliphatic heterocycles. The monoisotopic (exact) mass is 290 g/mol. The lowest BCUT2D eigenvalue weighted by Crippen LogP contribution is -2.45. The summed E-state index contributed by atoms with van der Waals surface area (Å²) in [5, 5.41) is 0. The number of nitrogens with zero attached hydrogens (tertiary/aromatic N) is 1. The highest BCUT2D eigenvalue weighted by atomic mass is 16.5. The third kappa shape index (κ3) is 3.70. The Labute approximate surface area is 127 Å². The molecule has 4 nitrogen and oxygen atoms in total. The maximum atomic E-state index is 6.23. The van der Waals surface area contributed by atoms with Crippen molar-refractivity contribution in [3.05, 3.63) is 29.8 Å². The molecule has 2 atom stereocenters. The summed E-state index contributed by atoms with van der Waals surface area (Å²) >= 11 is 0. The van der Waals surface area contributed by atoms with Gasteiger partial charge in [-0.05, 0) is 44.5 Å². The van der Waals surface area contributed by atoms with E-state index < -0.39 is 0 Å². The van der Waals surface area contributed by atoms with Crippen LogP contribution >= 0.6 is 0 Å². The van der Waals surface area contributed by atoms with Crippen LogP contribution in [0, 0.1) is 0 Å². The van der Waals surface area contributed by atoms with Crippen LogP contribution in [0.4, 0.5) is 11.4 Å². The number of nitrogens with two attached hydrogens (primary N) is 1. The van der Waals surface area contributed by atoms with Crippen LogP contribution in [0.3, 0.4) is 0 Å². The minimum Gasteiger partial charge on any atom is -0.496 e. The molecule has 0 aliphatic carbocycles. The molecule has 4 heteroatoms. The largest absolute Gasteiger partial charge is 0.496 e. The molecule has 0 aromatic heterocycles. The summed E-state index contributed by atoms with van der Waals surface area (Å²) in [6.45, 7) is 8.08. The van der Waals surface area contributed by atoms with Gasteiger partial charge >= 0.3 is 0 Å². The summed E-state index contributed by atoms with van der Waals surface area (Å²) in [5.41, 5.74) is 9.08. The van der Waals surface area contributed by atoms with Gasteiger partial charge in [-0.25, -0.2) is 0 Å². The van der Waals surface area contributed by atoms with Crippen molar-refractivity contribution in [3.8, 4) is 0 Å². The van der Waals surface area contributed by atoms with Crippen LogP contribution in [0.5, 0.6) is 0 Å². The summed E-state index contributed by atoms with van der Waals surface area (Å²) in [7, 11) is 1.68. The van der Waals surface area contributed by atoms with Crippen LogP contribution in [0.25, 0.3) is 5.76 Å². The summed E-state index contributed by atoms with van der Waals surface area (Å²) in [5.74, 6) is 0.838. The van der Waals surface area contributed by atoms with Crippen molar-refractivity contribution in [1.29, 1.82) is 0 Å². The minimum absolute atomic E-state index is 0.240. The van der Waals surface area contributed by atoms with E-state index in [1.165, 1.54) is 0 Å². The number of nitrogen functional groups attached to an aromatic ring is 1. The van der Waals surface area contributed by atoms with Crippen LogP contribution in [0.1, 0.15) is 32.8 Å². The fourth-order valence-electron chi connectivity index (χ4n) is 2.85. The normalized spacial score (nSPS) is 23.2. The number of rotatable bonds is 4. The lowest BCUT2D eigenvalue weighted by molar-refractivity contribution is -0.00521. The lowest BCUT2D eigenvalue weighted by Gasteiger charge is -2.37. The fourth-order valence-corrected chi connectivity index (χ4v) is 2.85. The summed E-state index contributed by atoms with van der Waals surface area (Å²) in [6.07, 6.45) is 3.45. The van der Waals surface area contributed by atoms with E-state index in [1.54, 1.807) is 7.11 Å². The number of anilines is 2. The van der Waals surface area contributed by atoms with Crippen molar-refractivity contribution in [3.63, 3.8) is 0 Å². The molecule has 0 amide bonds. The molecule has 2 rings (SSSR count). The first-order valence-corrected chi connectivity index (χ1v) is 7.59. The smallest absolute Gasteiger partial charge is 0.124 e. The number of ether oxygens (including phenoxy) is 2. The number of benzene rings is 1. The number of methoxy groups -OCH3 is 1. The number of hydrogen-bond donors (Lipinski definition) is 1. The zero-order chi connectivity index (χ0) is 15.4. The quantitative estimate of drug-likeness (QED) is 0.683. The second-order valence-electron chi connectivity index (χ2n) is 5.61. The van der Waals surface area contributed by atoms with Gasteiger partial charge in [-0.1, -0.05) is 6.92 Å². The molecule has 1 aliphatic rings. The average Bonchev–Trinajstić information content (AvgIpc) is 2.44. The zero-order valence-electron chi connectivity index (χ0n) is 13.4. The van der Waals surface area contributed by atoms with Gasteiger partial charge in [-0.2, -0.15) is 0 Å². The van der Waals surface area contributed by atoms with E-state index in [1.807, 2.05) is 18.2 Å². The lowest BCUT2D eigenvalue weighted by atomic mass is 10.1.